The Bertz CT molecular complexity index is 170. The Kier molecular flexibility index (Phi) is 5.97. The van der Waals surface area contributed by atoms with E-state index in [4.69, 9.17) is 15.6 Å². The summed E-state index contributed by atoms with van der Waals surface area (Å²) in [6, 6.07) is 0. The fraction of sp³-hybridized carbons (Fsp3) is 1.00. The van der Waals surface area contributed by atoms with Crippen LogP contribution in [0.3, 0.4) is 0 Å². The molecule has 1 aliphatic rings. The summed E-state index contributed by atoms with van der Waals surface area (Å²) < 4.78 is 5.54. The SMILES string of the molecule is CC(N)(CO)CCCSCC1CCCO1. The van der Waals surface area contributed by atoms with Gasteiger partial charge in [0.15, 0.2) is 0 Å². The number of aliphatic hydroxyl groups excluding tert-OH is 1. The van der Waals surface area contributed by atoms with Crippen LogP contribution in [0.25, 0.3) is 0 Å². The van der Waals surface area contributed by atoms with Crippen molar-refractivity contribution in [3.63, 3.8) is 0 Å². The second-order valence-electron chi connectivity index (χ2n) is 4.63. The third-order valence-corrected chi connectivity index (χ3v) is 3.91. The normalized spacial score (nSPS) is 25.4. The smallest absolute Gasteiger partial charge is 0.0666 e. The number of ether oxygens (including phenoxy) is 1. The molecule has 0 bridgehead atoms. The molecule has 1 heterocycles. The van der Waals surface area contributed by atoms with Crippen LogP contribution in [-0.4, -0.2) is 41.5 Å². The van der Waals surface area contributed by atoms with Gasteiger partial charge in [-0.1, -0.05) is 0 Å². The van der Waals surface area contributed by atoms with E-state index in [1.54, 1.807) is 0 Å². The lowest BCUT2D eigenvalue weighted by Crippen LogP contribution is -2.40. The van der Waals surface area contributed by atoms with Crippen LogP contribution in [0.5, 0.6) is 0 Å². The van der Waals surface area contributed by atoms with Crippen LogP contribution in [0, 0.1) is 0 Å². The van der Waals surface area contributed by atoms with Gasteiger partial charge < -0.3 is 15.6 Å². The fourth-order valence-corrected chi connectivity index (χ4v) is 2.69. The molecule has 90 valence electrons. The second-order valence-corrected chi connectivity index (χ2v) is 5.78. The summed E-state index contributed by atoms with van der Waals surface area (Å²) in [7, 11) is 0. The second kappa shape index (κ2) is 6.74. The van der Waals surface area contributed by atoms with Crippen molar-refractivity contribution in [2.45, 2.75) is 44.2 Å². The Labute approximate surface area is 96.8 Å². The fourth-order valence-electron chi connectivity index (χ4n) is 1.65. The molecule has 0 aromatic carbocycles. The highest BCUT2D eigenvalue weighted by Crippen LogP contribution is 2.18. The standard InChI is InChI=1S/C11H23NO2S/c1-11(12,9-13)5-3-7-15-8-10-4-2-6-14-10/h10,13H,2-9,12H2,1H3. The van der Waals surface area contributed by atoms with Crippen molar-refractivity contribution < 1.29 is 9.84 Å². The molecule has 0 radical (unpaired) electrons. The van der Waals surface area contributed by atoms with E-state index in [1.807, 2.05) is 18.7 Å². The highest BCUT2D eigenvalue weighted by Gasteiger charge is 2.17. The Morgan fingerprint density at radius 2 is 2.40 bits per heavy atom. The van der Waals surface area contributed by atoms with Gasteiger partial charge in [-0.3, -0.25) is 0 Å². The lowest BCUT2D eigenvalue weighted by Gasteiger charge is -2.21. The molecule has 1 fully saturated rings. The van der Waals surface area contributed by atoms with Crippen LogP contribution >= 0.6 is 11.8 Å². The molecular formula is C11H23NO2S. The summed E-state index contributed by atoms with van der Waals surface area (Å²) in [6.45, 7) is 2.91. The number of thioether (sulfide) groups is 1. The van der Waals surface area contributed by atoms with Crippen LogP contribution in [0.4, 0.5) is 0 Å². The first kappa shape index (κ1) is 13.3. The molecule has 0 aliphatic carbocycles. The van der Waals surface area contributed by atoms with E-state index in [-0.39, 0.29) is 6.61 Å². The topological polar surface area (TPSA) is 55.5 Å². The number of aliphatic hydroxyl groups is 1. The minimum Gasteiger partial charge on any atom is -0.394 e. The van der Waals surface area contributed by atoms with Gasteiger partial charge in [0.2, 0.25) is 0 Å². The zero-order chi connectivity index (χ0) is 11.1. The van der Waals surface area contributed by atoms with Gasteiger partial charge in [0, 0.05) is 17.9 Å². The van der Waals surface area contributed by atoms with Crippen molar-refractivity contribution in [3.05, 3.63) is 0 Å². The predicted molar refractivity (Wildman–Crippen MR) is 65.2 cm³/mol. The van der Waals surface area contributed by atoms with Crippen LogP contribution in [0.15, 0.2) is 0 Å². The molecule has 1 aliphatic heterocycles. The van der Waals surface area contributed by atoms with Crippen molar-refractivity contribution in [1.29, 1.82) is 0 Å². The third-order valence-electron chi connectivity index (χ3n) is 2.73. The summed E-state index contributed by atoms with van der Waals surface area (Å²) in [6.07, 6.45) is 4.89. The maximum absolute atomic E-state index is 8.97. The first-order chi connectivity index (χ1) is 7.14. The van der Waals surface area contributed by atoms with Gasteiger partial charge >= 0.3 is 0 Å². The molecule has 3 N–H and O–H groups in total. The summed E-state index contributed by atoms with van der Waals surface area (Å²) in [4.78, 5) is 0. The molecule has 1 saturated heterocycles. The minimum absolute atomic E-state index is 0.0728. The van der Waals surface area contributed by atoms with Gasteiger partial charge in [-0.05, 0) is 38.4 Å². The summed E-state index contributed by atoms with van der Waals surface area (Å²) in [5, 5.41) is 8.97. The minimum atomic E-state index is -0.398. The van der Waals surface area contributed by atoms with Gasteiger partial charge in [0.1, 0.15) is 0 Å². The van der Waals surface area contributed by atoms with E-state index < -0.39 is 5.54 Å². The molecule has 1 rings (SSSR count). The number of hydrogen-bond acceptors (Lipinski definition) is 4. The highest BCUT2D eigenvalue weighted by atomic mass is 32.2. The Hall–Kier alpha value is 0.230. The van der Waals surface area contributed by atoms with Crippen molar-refractivity contribution >= 4 is 11.8 Å². The molecule has 4 heteroatoms. The Morgan fingerprint density at radius 1 is 1.60 bits per heavy atom. The van der Waals surface area contributed by atoms with E-state index in [0.29, 0.717) is 6.10 Å². The molecule has 0 aromatic rings. The van der Waals surface area contributed by atoms with Gasteiger partial charge in [-0.25, -0.2) is 0 Å². The quantitative estimate of drug-likeness (QED) is 0.652. The highest BCUT2D eigenvalue weighted by molar-refractivity contribution is 7.99. The lowest BCUT2D eigenvalue weighted by atomic mass is 9.99. The van der Waals surface area contributed by atoms with Crippen molar-refractivity contribution in [2.75, 3.05) is 24.7 Å². The van der Waals surface area contributed by atoms with Crippen molar-refractivity contribution in [3.8, 4) is 0 Å². The zero-order valence-electron chi connectivity index (χ0n) is 9.58. The average molecular weight is 233 g/mol. The lowest BCUT2D eigenvalue weighted by molar-refractivity contribution is 0.129. The van der Waals surface area contributed by atoms with E-state index in [9.17, 15) is 0 Å². The van der Waals surface area contributed by atoms with Crippen molar-refractivity contribution in [1.82, 2.24) is 0 Å². The van der Waals surface area contributed by atoms with E-state index >= 15 is 0 Å². The first-order valence-corrected chi connectivity index (χ1v) is 6.88. The largest absolute Gasteiger partial charge is 0.394 e. The molecule has 3 nitrogen and oxygen atoms in total. The van der Waals surface area contributed by atoms with Crippen LogP contribution in [0.1, 0.15) is 32.6 Å². The molecule has 2 unspecified atom stereocenters. The summed E-state index contributed by atoms with van der Waals surface area (Å²) in [5.74, 6) is 2.23. The van der Waals surface area contributed by atoms with E-state index in [0.717, 1.165) is 31.0 Å². The van der Waals surface area contributed by atoms with E-state index in [1.165, 1.54) is 12.8 Å². The monoisotopic (exact) mass is 233 g/mol. The van der Waals surface area contributed by atoms with Gasteiger partial charge in [0.25, 0.3) is 0 Å². The van der Waals surface area contributed by atoms with Gasteiger partial charge in [-0.2, -0.15) is 11.8 Å². The predicted octanol–water partition coefficient (Wildman–Crippen LogP) is 1.39. The first-order valence-electron chi connectivity index (χ1n) is 5.73. The molecule has 0 aromatic heterocycles. The maximum Gasteiger partial charge on any atom is 0.0666 e. The molecule has 2 atom stereocenters. The Morgan fingerprint density at radius 3 is 3.00 bits per heavy atom. The Balaban J connectivity index is 1.92. The molecule has 0 saturated carbocycles. The maximum atomic E-state index is 8.97. The van der Waals surface area contributed by atoms with E-state index in [2.05, 4.69) is 0 Å². The third kappa shape index (κ3) is 5.76. The molecule has 15 heavy (non-hydrogen) atoms. The summed E-state index contributed by atoms with van der Waals surface area (Å²) in [5.41, 5.74) is 5.44. The van der Waals surface area contributed by atoms with Crippen LogP contribution in [-0.2, 0) is 4.74 Å². The van der Waals surface area contributed by atoms with Gasteiger partial charge in [-0.15, -0.1) is 0 Å². The number of rotatable bonds is 7. The average Bonchev–Trinajstić information content (AvgIpc) is 2.70. The van der Waals surface area contributed by atoms with Crippen LogP contribution < -0.4 is 5.73 Å². The molecular weight excluding hydrogens is 210 g/mol. The van der Waals surface area contributed by atoms with Crippen molar-refractivity contribution in [2.24, 2.45) is 5.73 Å². The summed E-state index contributed by atoms with van der Waals surface area (Å²) >= 11 is 1.94. The molecule has 0 spiro atoms. The number of nitrogens with two attached hydrogens (primary N) is 1. The number of hydrogen-bond donors (Lipinski definition) is 2. The molecule has 0 amide bonds. The zero-order valence-corrected chi connectivity index (χ0v) is 10.4. The van der Waals surface area contributed by atoms with Gasteiger partial charge in [0.05, 0.1) is 12.7 Å². The van der Waals surface area contributed by atoms with Crippen LogP contribution in [0.2, 0.25) is 0 Å².